The number of methoxy groups -OCH3 is 2. The van der Waals surface area contributed by atoms with Crippen LogP contribution in [0.4, 0.5) is 5.13 Å². The van der Waals surface area contributed by atoms with Gasteiger partial charge >= 0.3 is 0 Å². The number of thiazole rings is 1. The van der Waals surface area contributed by atoms with Crippen molar-refractivity contribution in [1.29, 1.82) is 0 Å². The first kappa shape index (κ1) is 32.4. The smallest absolute Gasteiger partial charge is 0.260 e. The van der Waals surface area contributed by atoms with Crippen LogP contribution in [-0.2, 0) is 19.5 Å². The number of likely N-dealkylation sites (N-methyl/N-ethyl adjacent to an activating group) is 1. The van der Waals surface area contributed by atoms with E-state index >= 15 is 0 Å². The molecule has 210 valence electrons. The maximum atomic E-state index is 13.6. The summed E-state index contributed by atoms with van der Waals surface area (Å²) in [6.07, 6.45) is 2.00. The van der Waals surface area contributed by atoms with E-state index in [1.807, 2.05) is 43.5 Å². The van der Waals surface area contributed by atoms with Crippen LogP contribution in [-0.4, -0.2) is 102 Å². The minimum Gasteiger partial charge on any atom is -0.383 e. The summed E-state index contributed by atoms with van der Waals surface area (Å²) in [5.41, 5.74) is 1.27. The van der Waals surface area contributed by atoms with Crippen molar-refractivity contribution in [1.82, 2.24) is 14.2 Å². The third-order valence-corrected chi connectivity index (χ3v) is 9.39. The molecule has 1 heterocycles. The van der Waals surface area contributed by atoms with Crippen LogP contribution in [0.2, 0.25) is 0 Å². The summed E-state index contributed by atoms with van der Waals surface area (Å²) in [6, 6.07) is 12.1. The first-order chi connectivity index (χ1) is 17.7. The van der Waals surface area contributed by atoms with Crippen molar-refractivity contribution in [3.63, 3.8) is 0 Å². The zero-order valence-corrected chi connectivity index (χ0v) is 25.5. The number of para-hydroxylation sites is 1. The number of thioether (sulfide) groups is 1. The SMILES string of the molecule is COCCN(CCOC)S(=O)(=O)c1ccc(C(=O)N(CCN(C)C)c2nc3c(SC)cccc3s2)cc1.Cl. The van der Waals surface area contributed by atoms with Gasteiger partial charge in [-0.2, -0.15) is 4.31 Å². The molecule has 0 saturated carbocycles. The molecular formula is C25H35ClN4O5S3. The summed E-state index contributed by atoms with van der Waals surface area (Å²) in [5.74, 6) is -0.230. The normalized spacial score (nSPS) is 11.8. The predicted molar refractivity (Wildman–Crippen MR) is 158 cm³/mol. The van der Waals surface area contributed by atoms with E-state index in [1.165, 1.54) is 42.0 Å². The van der Waals surface area contributed by atoms with Gasteiger partial charge in [0, 0.05) is 50.9 Å². The minimum absolute atomic E-state index is 0. The lowest BCUT2D eigenvalue weighted by molar-refractivity contribution is 0.0985. The number of nitrogens with zero attached hydrogens (tertiary/aromatic N) is 4. The van der Waals surface area contributed by atoms with Crippen LogP contribution < -0.4 is 4.90 Å². The van der Waals surface area contributed by atoms with Crippen LogP contribution in [0.15, 0.2) is 52.3 Å². The number of fused-ring (bicyclic) bond motifs is 1. The fraction of sp³-hybridized carbons (Fsp3) is 0.440. The summed E-state index contributed by atoms with van der Waals surface area (Å²) in [7, 11) is 3.17. The quantitative estimate of drug-likeness (QED) is 0.256. The number of anilines is 1. The molecule has 0 aliphatic heterocycles. The molecule has 13 heteroatoms. The number of rotatable bonds is 14. The molecule has 0 radical (unpaired) electrons. The number of aromatic nitrogens is 1. The lowest BCUT2D eigenvalue weighted by Crippen LogP contribution is -2.37. The molecular weight excluding hydrogens is 568 g/mol. The van der Waals surface area contributed by atoms with E-state index in [4.69, 9.17) is 14.5 Å². The van der Waals surface area contributed by atoms with E-state index in [1.54, 1.807) is 28.8 Å². The van der Waals surface area contributed by atoms with Gasteiger partial charge in [-0.1, -0.05) is 17.4 Å². The van der Waals surface area contributed by atoms with Crippen molar-refractivity contribution in [2.75, 3.05) is 78.9 Å². The molecule has 2 aromatic carbocycles. The molecule has 0 unspecified atom stereocenters. The van der Waals surface area contributed by atoms with Gasteiger partial charge in [-0.15, -0.1) is 24.2 Å². The topological polar surface area (TPSA) is 92.3 Å². The fourth-order valence-corrected chi connectivity index (χ4v) is 6.64. The van der Waals surface area contributed by atoms with Crippen LogP contribution in [0.3, 0.4) is 0 Å². The Kier molecular flexibility index (Phi) is 12.9. The third kappa shape index (κ3) is 7.89. The molecule has 1 aromatic heterocycles. The molecule has 0 spiro atoms. The van der Waals surface area contributed by atoms with E-state index in [0.717, 1.165) is 15.1 Å². The first-order valence-electron chi connectivity index (χ1n) is 11.7. The second kappa shape index (κ2) is 15.1. The van der Waals surface area contributed by atoms with E-state index in [-0.39, 0.29) is 49.5 Å². The molecule has 9 nitrogen and oxygen atoms in total. The highest BCUT2D eigenvalue weighted by atomic mass is 35.5. The number of halogens is 1. The molecule has 38 heavy (non-hydrogen) atoms. The van der Waals surface area contributed by atoms with Crippen LogP contribution in [0, 0.1) is 0 Å². The summed E-state index contributed by atoms with van der Waals surface area (Å²) in [6.45, 7) is 2.04. The first-order valence-corrected chi connectivity index (χ1v) is 15.2. The van der Waals surface area contributed by atoms with Crippen molar-refractivity contribution >= 4 is 66.8 Å². The maximum absolute atomic E-state index is 13.6. The lowest BCUT2D eigenvalue weighted by Gasteiger charge is -2.23. The van der Waals surface area contributed by atoms with E-state index in [0.29, 0.717) is 23.8 Å². The average molecular weight is 603 g/mol. The fourth-order valence-electron chi connectivity index (χ4n) is 3.59. The van der Waals surface area contributed by atoms with Gasteiger partial charge in [0.15, 0.2) is 5.13 Å². The van der Waals surface area contributed by atoms with Gasteiger partial charge in [-0.3, -0.25) is 9.69 Å². The Morgan fingerprint density at radius 3 is 2.16 bits per heavy atom. The molecule has 0 saturated heterocycles. The number of carbonyl (C=O) groups is 1. The van der Waals surface area contributed by atoms with Crippen molar-refractivity contribution in [2.24, 2.45) is 0 Å². The van der Waals surface area contributed by atoms with Crippen LogP contribution >= 0.6 is 35.5 Å². The molecule has 0 atom stereocenters. The summed E-state index contributed by atoms with van der Waals surface area (Å²) >= 11 is 3.09. The molecule has 3 rings (SSSR count). The monoisotopic (exact) mass is 602 g/mol. The van der Waals surface area contributed by atoms with Crippen molar-refractivity contribution in [2.45, 2.75) is 9.79 Å². The van der Waals surface area contributed by atoms with Gasteiger partial charge in [-0.25, -0.2) is 13.4 Å². The Bertz CT molecular complexity index is 1280. The largest absolute Gasteiger partial charge is 0.383 e. The molecule has 1 amide bonds. The number of amides is 1. The maximum Gasteiger partial charge on any atom is 0.260 e. The van der Waals surface area contributed by atoms with Crippen LogP contribution in [0.25, 0.3) is 10.2 Å². The van der Waals surface area contributed by atoms with Crippen LogP contribution in [0.5, 0.6) is 0 Å². The average Bonchev–Trinajstić information content (AvgIpc) is 3.32. The highest BCUT2D eigenvalue weighted by Crippen LogP contribution is 2.34. The highest BCUT2D eigenvalue weighted by Gasteiger charge is 2.26. The zero-order chi connectivity index (χ0) is 27.0. The van der Waals surface area contributed by atoms with E-state index in [2.05, 4.69) is 0 Å². The van der Waals surface area contributed by atoms with Crippen LogP contribution in [0.1, 0.15) is 10.4 Å². The van der Waals surface area contributed by atoms with Gasteiger partial charge in [0.1, 0.15) is 0 Å². The van der Waals surface area contributed by atoms with Gasteiger partial charge in [0.25, 0.3) is 5.91 Å². The number of hydrogen-bond donors (Lipinski definition) is 0. The van der Waals surface area contributed by atoms with Crippen molar-refractivity contribution in [3.8, 4) is 0 Å². The third-order valence-electron chi connectivity index (χ3n) is 5.67. The molecule has 0 bridgehead atoms. The lowest BCUT2D eigenvalue weighted by atomic mass is 10.2. The number of sulfonamides is 1. The number of benzene rings is 2. The summed E-state index contributed by atoms with van der Waals surface area (Å²) in [5, 5.41) is 0.616. The van der Waals surface area contributed by atoms with E-state index < -0.39 is 10.0 Å². The van der Waals surface area contributed by atoms with Gasteiger partial charge in [0.05, 0.1) is 28.3 Å². The zero-order valence-electron chi connectivity index (χ0n) is 22.2. The summed E-state index contributed by atoms with van der Waals surface area (Å²) < 4.78 is 38.9. The Morgan fingerprint density at radius 1 is 0.974 bits per heavy atom. The van der Waals surface area contributed by atoms with E-state index in [9.17, 15) is 13.2 Å². The highest BCUT2D eigenvalue weighted by molar-refractivity contribution is 7.98. The Morgan fingerprint density at radius 2 is 1.61 bits per heavy atom. The van der Waals surface area contributed by atoms with Gasteiger partial charge in [-0.05, 0) is 56.7 Å². The predicted octanol–water partition coefficient (Wildman–Crippen LogP) is 3.93. The Labute approximate surface area is 239 Å². The number of carbonyl (C=O) groups excluding carboxylic acids is 1. The second-order valence-corrected chi connectivity index (χ2v) is 12.3. The molecule has 3 aromatic rings. The Hall–Kier alpha value is -1.77. The molecule has 0 N–H and O–H groups in total. The molecule has 0 aliphatic carbocycles. The minimum atomic E-state index is -3.78. The summed E-state index contributed by atoms with van der Waals surface area (Å²) in [4.78, 5) is 23.3. The molecule has 0 aliphatic rings. The van der Waals surface area contributed by atoms with Gasteiger partial charge in [0.2, 0.25) is 10.0 Å². The van der Waals surface area contributed by atoms with Gasteiger partial charge < -0.3 is 14.4 Å². The number of ether oxygens (including phenoxy) is 2. The standard InChI is InChI=1S/C25H34N4O5S3.ClH/c1-27(2)13-14-29(25-26-23-21(35-5)7-6-8-22(23)36-25)24(30)19-9-11-20(12-10-19)37(31,32)28(15-17-33-3)16-18-34-4;/h6-12H,13-18H2,1-5H3;1H. The second-order valence-electron chi connectivity index (χ2n) is 8.48. The van der Waals surface area contributed by atoms with Crippen molar-refractivity contribution in [3.05, 3.63) is 48.0 Å². The number of hydrogen-bond acceptors (Lipinski definition) is 9. The molecule has 0 fully saturated rings. The van der Waals surface area contributed by atoms with Crippen molar-refractivity contribution < 1.29 is 22.7 Å². The Balaban J connectivity index is 0.00000507.